The zero-order valence-corrected chi connectivity index (χ0v) is 14.2. The van der Waals surface area contributed by atoms with Crippen LogP contribution in [0.3, 0.4) is 0 Å². The second-order valence-electron chi connectivity index (χ2n) is 7.06. The van der Waals surface area contributed by atoms with Crippen molar-refractivity contribution < 1.29 is 4.39 Å². The van der Waals surface area contributed by atoms with Gasteiger partial charge in [-0.25, -0.2) is 4.39 Å². The summed E-state index contributed by atoms with van der Waals surface area (Å²) in [5, 5.41) is 11.0. The van der Waals surface area contributed by atoms with Crippen LogP contribution in [-0.4, -0.2) is 35.4 Å². The number of piperidine rings is 3. The van der Waals surface area contributed by atoms with Crippen molar-refractivity contribution in [2.24, 2.45) is 5.92 Å². The predicted octanol–water partition coefficient (Wildman–Crippen LogP) is 3.15. The lowest BCUT2D eigenvalue weighted by Crippen LogP contribution is -2.46. The van der Waals surface area contributed by atoms with Crippen LogP contribution < -0.4 is 5.32 Å². The van der Waals surface area contributed by atoms with Gasteiger partial charge in [-0.3, -0.25) is 10.4 Å². The van der Waals surface area contributed by atoms with Crippen molar-refractivity contribution in [3.63, 3.8) is 0 Å². The van der Waals surface area contributed by atoms with E-state index in [1.165, 1.54) is 25.9 Å². The minimum Gasteiger partial charge on any atom is -0.366 e. The predicted molar refractivity (Wildman–Crippen MR) is 96.2 cm³/mol. The first-order valence-corrected chi connectivity index (χ1v) is 8.94. The first-order valence-electron chi connectivity index (χ1n) is 8.94. The maximum atomic E-state index is 14.6. The molecule has 5 heteroatoms. The number of fused-ring (bicyclic) bond motifs is 3. The summed E-state index contributed by atoms with van der Waals surface area (Å²) < 4.78 is 14.6. The summed E-state index contributed by atoms with van der Waals surface area (Å²) in [5.74, 6) is 1.27. The van der Waals surface area contributed by atoms with Gasteiger partial charge in [0.15, 0.2) is 0 Å². The van der Waals surface area contributed by atoms with Gasteiger partial charge in [-0.05, 0) is 61.5 Å². The fourth-order valence-corrected chi connectivity index (χ4v) is 4.08. The molecule has 2 aromatic rings. The van der Waals surface area contributed by atoms with Crippen LogP contribution in [0.2, 0.25) is 0 Å². The Bertz CT molecular complexity index is 754. The monoisotopic (exact) mass is 338 g/mol. The number of hydrogen-bond acceptors (Lipinski definition) is 3. The summed E-state index contributed by atoms with van der Waals surface area (Å²) >= 11 is 0. The zero-order chi connectivity index (χ0) is 17.2. The van der Waals surface area contributed by atoms with Crippen molar-refractivity contribution in [1.29, 1.82) is 5.41 Å². The standard InChI is InChI=1S/C20H23FN4/c21-19-11-16(18-13-25-9-5-14(18)6-10-25)1-2-17(19)12-24-20(22)15-3-7-23-8-4-15/h1-4,7-8,11,14,18H,5-6,9-10,12-13H2,(H2,22,24). The van der Waals surface area contributed by atoms with Crippen LogP contribution in [0.5, 0.6) is 0 Å². The van der Waals surface area contributed by atoms with Gasteiger partial charge >= 0.3 is 0 Å². The van der Waals surface area contributed by atoms with Crippen LogP contribution >= 0.6 is 0 Å². The molecule has 130 valence electrons. The Morgan fingerprint density at radius 3 is 2.60 bits per heavy atom. The Hall–Kier alpha value is -2.27. The van der Waals surface area contributed by atoms with E-state index < -0.39 is 0 Å². The molecule has 4 nitrogen and oxygen atoms in total. The van der Waals surface area contributed by atoms with Crippen molar-refractivity contribution >= 4 is 5.84 Å². The van der Waals surface area contributed by atoms with Gasteiger partial charge in [-0.15, -0.1) is 0 Å². The maximum Gasteiger partial charge on any atom is 0.128 e. The Morgan fingerprint density at radius 1 is 1.20 bits per heavy atom. The highest BCUT2D eigenvalue weighted by Gasteiger charge is 2.35. The fourth-order valence-electron chi connectivity index (χ4n) is 4.08. The van der Waals surface area contributed by atoms with Crippen LogP contribution in [0.25, 0.3) is 0 Å². The van der Waals surface area contributed by atoms with Crippen LogP contribution in [0.1, 0.15) is 35.4 Å². The number of benzene rings is 1. The van der Waals surface area contributed by atoms with Gasteiger partial charge in [-0.2, -0.15) is 0 Å². The number of nitrogens with one attached hydrogen (secondary N) is 2. The van der Waals surface area contributed by atoms with Gasteiger partial charge in [0.05, 0.1) is 0 Å². The Balaban J connectivity index is 1.43. The topological polar surface area (TPSA) is 52.0 Å². The summed E-state index contributed by atoms with van der Waals surface area (Å²) in [6.45, 7) is 3.77. The van der Waals surface area contributed by atoms with Crippen LogP contribution in [0.4, 0.5) is 4.39 Å². The zero-order valence-electron chi connectivity index (χ0n) is 14.2. The minimum absolute atomic E-state index is 0.177. The number of rotatable bonds is 4. The molecule has 1 aromatic carbocycles. The van der Waals surface area contributed by atoms with Gasteiger partial charge in [0.2, 0.25) is 0 Å². The molecular weight excluding hydrogens is 315 g/mol. The number of pyridine rings is 1. The van der Waals surface area contributed by atoms with Crippen molar-refractivity contribution in [3.8, 4) is 0 Å². The maximum absolute atomic E-state index is 14.6. The van der Waals surface area contributed by atoms with Gasteiger partial charge < -0.3 is 10.2 Å². The highest BCUT2D eigenvalue weighted by Crippen LogP contribution is 2.39. The third-order valence-electron chi connectivity index (χ3n) is 5.59. The van der Waals surface area contributed by atoms with E-state index in [2.05, 4.69) is 21.3 Å². The molecule has 4 heterocycles. The lowest BCUT2D eigenvalue weighted by atomic mass is 9.75. The van der Waals surface area contributed by atoms with Crippen molar-refractivity contribution in [2.45, 2.75) is 25.3 Å². The number of aromatic nitrogens is 1. The average molecular weight is 338 g/mol. The lowest BCUT2D eigenvalue weighted by Gasteiger charge is -2.45. The first kappa shape index (κ1) is 16.2. The van der Waals surface area contributed by atoms with E-state index in [1.54, 1.807) is 30.6 Å². The van der Waals surface area contributed by atoms with E-state index in [4.69, 9.17) is 5.41 Å². The molecular formula is C20H23FN4. The van der Waals surface area contributed by atoms with E-state index in [9.17, 15) is 4.39 Å². The summed E-state index contributed by atoms with van der Waals surface area (Å²) in [7, 11) is 0. The van der Waals surface area contributed by atoms with Crippen molar-refractivity contribution in [1.82, 2.24) is 15.2 Å². The summed E-state index contributed by atoms with van der Waals surface area (Å²) in [4.78, 5) is 6.44. The van der Waals surface area contributed by atoms with E-state index >= 15 is 0 Å². The minimum atomic E-state index is -0.177. The second kappa shape index (κ2) is 6.92. The number of hydrogen-bond donors (Lipinski definition) is 2. The van der Waals surface area contributed by atoms with E-state index in [-0.39, 0.29) is 11.7 Å². The number of halogens is 1. The Morgan fingerprint density at radius 2 is 1.96 bits per heavy atom. The van der Waals surface area contributed by atoms with Crippen molar-refractivity contribution in [3.05, 3.63) is 65.2 Å². The molecule has 3 aliphatic rings. The Labute approximate surface area is 147 Å². The van der Waals surface area contributed by atoms with E-state index in [0.717, 1.165) is 17.7 Å². The van der Waals surface area contributed by atoms with Crippen LogP contribution in [-0.2, 0) is 6.54 Å². The molecule has 2 bridgehead atoms. The summed E-state index contributed by atoms with van der Waals surface area (Å²) in [6, 6.07) is 9.18. The smallest absolute Gasteiger partial charge is 0.128 e. The molecule has 0 saturated carbocycles. The summed E-state index contributed by atoms with van der Waals surface area (Å²) in [6.07, 6.45) is 5.76. The van der Waals surface area contributed by atoms with Gasteiger partial charge in [0.25, 0.3) is 0 Å². The third kappa shape index (κ3) is 3.42. The highest BCUT2D eigenvalue weighted by molar-refractivity contribution is 5.96. The van der Waals surface area contributed by atoms with Crippen molar-refractivity contribution in [2.75, 3.05) is 19.6 Å². The average Bonchev–Trinajstić information content (AvgIpc) is 2.68. The fraction of sp³-hybridized carbons (Fsp3) is 0.400. The molecule has 5 rings (SSSR count). The molecule has 0 radical (unpaired) electrons. The molecule has 1 unspecified atom stereocenters. The van der Waals surface area contributed by atoms with Gasteiger partial charge in [0.1, 0.15) is 11.7 Å². The SMILES string of the molecule is N=C(NCc1ccc(C2CN3CCC2CC3)cc1F)c1ccncc1. The third-order valence-corrected chi connectivity index (χ3v) is 5.59. The normalized spacial score (nSPS) is 24.9. The first-order chi connectivity index (χ1) is 12.2. The van der Waals surface area contributed by atoms with E-state index in [1.807, 2.05) is 6.07 Å². The molecule has 0 aliphatic carbocycles. The van der Waals surface area contributed by atoms with Gasteiger partial charge in [0, 0.05) is 36.6 Å². The Kier molecular flexibility index (Phi) is 4.49. The largest absolute Gasteiger partial charge is 0.366 e. The lowest BCUT2D eigenvalue weighted by molar-refractivity contribution is 0.0870. The molecule has 3 fully saturated rings. The molecule has 1 aromatic heterocycles. The van der Waals surface area contributed by atoms with Crippen LogP contribution in [0, 0.1) is 17.1 Å². The molecule has 1 atom stereocenters. The molecule has 3 saturated heterocycles. The molecule has 3 aliphatic heterocycles. The molecule has 0 amide bonds. The number of amidine groups is 1. The molecule has 2 N–H and O–H groups in total. The van der Waals surface area contributed by atoms with Crippen LogP contribution in [0.15, 0.2) is 42.7 Å². The van der Waals surface area contributed by atoms with Gasteiger partial charge in [-0.1, -0.05) is 12.1 Å². The quantitative estimate of drug-likeness (QED) is 0.665. The number of nitrogens with zero attached hydrogens (tertiary/aromatic N) is 2. The molecule has 25 heavy (non-hydrogen) atoms. The van der Waals surface area contributed by atoms with E-state index in [0.29, 0.717) is 23.9 Å². The highest BCUT2D eigenvalue weighted by atomic mass is 19.1. The summed E-state index contributed by atoms with van der Waals surface area (Å²) in [5.41, 5.74) is 2.48. The molecule has 0 spiro atoms. The second-order valence-corrected chi connectivity index (χ2v) is 7.06.